The maximum absolute atomic E-state index is 15.3. The lowest BCUT2D eigenvalue weighted by atomic mass is 9.72. The van der Waals surface area contributed by atoms with Crippen molar-refractivity contribution < 1.29 is 57.2 Å². The fourth-order valence-corrected chi connectivity index (χ4v) is 15.9. The van der Waals surface area contributed by atoms with Gasteiger partial charge in [-0.2, -0.15) is 21.0 Å². The quantitative estimate of drug-likeness (QED) is 0.0384. The Bertz CT molecular complexity index is 4270. The second kappa shape index (κ2) is 26.2. The highest BCUT2D eigenvalue weighted by Crippen LogP contribution is 2.59. The second-order valence-corrected chi connectivity index (χ2v) is 25.3. The summed E-state index contributed by atoms with van der Waals surface area (Å²) in [4.78, 5) is 102. The van der Waals surface area contributed by atoms with Crippen LogP contribution in [-0.2, 0) is 89.2 Å². The molecule has 0 N–H and O–H groups in total. The van der Waals surface area contributed by atoms with Gasteiger partial charge < -0.3 is 28.4 Å². The number of nitriles is 4. The molecular weight excluding hydrogens is 1250 g/mol. The normalized spacial score (nSPS) is 21.0. The van der Waals surface area contributed by atoms with Crippen molar-refractivity contribution in [2.24, 2.45) is 27.7 Å². The molecule has 2 aliphatic carbocycles. The molecule has 6 heterocycles. The molecule has 4 aromatic carbocycles. The summed E-state index contributed by atoms with van der Waals surface area (Å²) >= 11 is 3.81. The highest BCUT2D eigenvalue weighted by Gasteiger charge is 2.66. The molecule has 3 fully saturated rings. The number of rotatable bonds is 16. The maximum atomic E-state index is 15.3. The molecular formula is C68H48N8O12S4. The fourth-order valence-electron chi connectivity index (χ4n) is 11.2. The van der Waals surface area contributed by atoms with E-state index in [0.29, 0.717) is 33.4 Å². The topological polar surface area (TPSA) is 284 Å². The predicted octanol–water partition coefficient (Wildman–Crippen LogP) is 10.8. The molecule has 4 unspecified atom stereocenters. The summed E-state index contributed by atoms with van der Waals surface area (Å²) in [6.45, 7) is 2.50. The van der Waals surface area contributed by atoms with Crippen LogP contribution in [0.25, 0.3) is 5.57 Å². The van der Waals surface area contributed by atoms with Crippen LogP contribution in [0.3, 0.4) is 0 Å². The van der Waals surface area contributed by atoms with Crippen LogP contribution < -0.4 is 0 Å². The van der Waals surface area contributed by atoms with E-state index in [2.05, 4.69) is 0 Å². The Labute approximate surface area is 543 Å². The third-order valence-corrected chi connectivity index (χ3v) is 20.1. The number of nitrogens with zero attached hydrogens (tertiary/aromatic N) is 8. The van der Waals surface area contributed by atoms with E-state index < -0.39 is 69.9 Å². The molecule has 5 aliphatic heterocycles. The monoisotopic (exact) mass is 1300 g/mol. The van der Waals surface area contributed by atoms with Gasteiger partial charge in [0.05, 0.1) is 16.2 Å². The number of aliphatic imine (C=N–C) groups is 2. The van der Waals surface area contributed by atoms with Gasteiger partial charge in [0.2, 0.25) is 0 Å². The van der Waals surface area contributed by atoms with Crippen molar-refractivity contribution in [1.29, 1.82) is 21.0 Å². The largest absolute Gasteiger partial charge is 0.463 e. The molecule has 24 heteroatoms. The van der Waals surface area contributed by atoms with E-state index in [1.54, 1.807) is 153 Å². The highest BCUT2D eigenvalue weighted by atomic mass is 32.2. The van der Waals surface area contributed by atoms with Crippen molar-refractivity contribution in [2.45, 2.75) is 56.7 Å². The number of carbonyl (C=O) groups is 6. The first-order chi connectivity index (χ1) is 44.7. The van der Waals surface area contributed by atoms with Crippen LogP contribution in [0.15, 0.2) is 211 Å². The van der Waals surface area contributed by atoms with Crippen LogP contribution in [0.5, 0.6) is 0 Å². The summed E-state index contributed by atoms with van der Waals surface area (Å²) < 4.78 is 38.1. The number of carbonyl (C=O) groups excluding carboxylic acids is 6. The molecule has 2 amide bonds. The molecule has 0 bridgehead atoms. The molecule has 0 saturated carbocycles. The highest BCUT2D eigenvalue weighted by molar-refractivity contribution is 8.20. The number of allylic oxidation sites excluding steroid dienone is 8. The van der Waals surface area contributed by atoms with Gasteiger partial charge in [0, 0.05) is 46.5 Å². The van der Waals surface area contributed by atoms with E-state index in [0.717, 1.165) is 46.6 Å². The zero-order valence-electron chi connectivity index (χ0n) is 48.7. The molecule has 1 aromatic heterocycles. The van der Waals surface area contributed by atoms with Gasteiger partial charge in [-0.3, -0.25) is 19.4 Å². The van der Waals surface area contributed by atoms with E-state index in [1.165, 1.54) is 15.9 Å². The van der Waals surface area contributed by atoms with Crippen molar-refractivity contribution in [2.75, 3.05) is 13.1 Å². The number of thiophene rings is 1. The van der Waals surface area contributed by atoms with E-state index in [4.69, 9.17) is 38.4 Å². The number of amides is 2. The number of hydrogen-bond acceptors (Lipinski definition) is 22. The van der Waals surface area contributed by atoms with Crippen molar-refractivity contribution >= 4 is 103 Å². The Morgan fingerprint density at radius 2 is 0.989 bits per heavy atom. The van der Waals surface area contributed by atoms with Gasteiger partial charge in [0.1, 0.15) is 77.3 Å². The molecule has 0 radical (unpaired) electrons. The van der Waals surface area contributed by atoms with E-state index >= 15 is 19.2 Å². The average molecular weight is 1300 g/mol. The summed E-state index contributed by atoms with van der Waals surface area (Å²) in [5, 5.41) is 38.8. The number of thioether (sulfide) groups is 3. The van der Waals surface area contributed by atoms with Gasteiger partial charge in [-0.05, 0) is 83.9 Å². The SMILES string of the molecule is CCN1C(=O)/C(=N/C2=CC3C(S2)C2=CC4C=C5OC(C(=O)OCc6ccccc6)(C(=O)OCc6ccccc6)c6cc(/N=C7/SC(=C(C#N)C#N)N(CC)C7=O)sc6C5=CC4C=C2OC3(C(=O)OCc2ccccc2)C(=O)OCc2ccccc2)SC1=C(C#N)C#N. The minimum absolute atomic E-state index is 0.0338. The van der Waals surface area contributed by atoms with Crippen molar-refractivity contribution in [3.05, 3.63) is 234 Å². The van der Waals surface area contributed by atoms with Crippen LogP contribution in [0.2, 0.25) is 0 Å². The number of benzene rings is 4. The summed E-state index contributed by atoms with van der Waals surface area (Å²) in [5.41, 5.74) is -2.60. The Morgan fingerprint density at radius 1 is 0.554 bits per heavy atom. The third-order valence-electron chi connectivity index (χ3n) is 15.7. The van der Waals surface area contributed by atoms with Crippen LogP contribution in [0.4, 0.5) is 5.00 Å². The molecule has 4 atom stereocenters. The minimum atomic E-state index is -2.67. The molecule has 3 saturated heterocycles. The zero-order valence-corrected chi connectivity index (χ0v) is 51.9. The Kier molecular flexibility index (Phi) is 17.6. The smallest absolute Gasteiger partial charge is 0.367 e. The van der Waals surface area contributed by atoms with Crippen molar-refractivity contribution in [3.63, 3.8) is 0 Å². The zero-order chi connectivity index (χ0) is 64.3. The average Bonchev–Trinajstić information content (AvgIpc) is 1.28. The van der Waals surface area contributed by atoms with E-state index in [9.17, 15) is 30.6 Å². The lowest BCUT2D eigenvalue weighted by Crippen LogP contribution is -2.60. The number of esters is 4. The second-order valence-electron chi connectivity index (χ2n) is 21.1. The number of hydrogen-bond donors (Lipinski definition) is 0. The van der Waals surface area contributed by atoms with E-state index in [-0.39, 0.29) is 103 Å². The minimum Gasteiger partial charge on any atom is -0.463 e. The standard InChI is InChI=1S/C68H48N8O12S4/c1-3-75-59(77)57(91-61(75)45(31-69)32-70)73-53-29-49-55(89-53)47-25-43-28-52-48(26-44(43)27-51(47)87-67(49,63(79)83-35-39-17-9-5-10-18-39)64(80)84-36-40-19-11-6-12-20-40)56-50(30-54(90-56)74-58-60(78)76(4-2)62(92-58)46(33-71)34-72)68(88-52,65(81)85-37-41-21-13-7-14-22-41)66(82)86-38-42-23-15-8-16-24-42/h5-30,43-44,49,55H,3-4,35-38H2,1-2H3/b73-57-,74-58+. The Balaban J connectivity index is 1.00. The first-order valence-corrected chi connectivity index (χ1v) is 32.0. The van der Waals surface area contributed by atoms with Crippen LogP contribution >= 0.6 is 46.6 Å². The van der Waals surface area contributed by atoms with Gasteiger partial charge in [-0.15, -0.1) is 11.3 Å². The lowest BCUT2D eigenvalue weighted by Gasteiger charge is -2.45. The van der Waals surface area contributed by atoms with Crippen LogP contribution in [-0.4, -0.2) is 79.5 Å². The van der Waals surface area contributed by atoms with Crippen LogP contribution in [0, 0.1) is 63.1 Å². The molecule has 92 heavy (non-hydrogen) atoms. The van der Waals surface area contributed by atoms with Gasteiger partial charge in [-0.25, -0.2) is 29.2 Å². The lowest BCUT2D eigenvalue weighted by molar-refractivity contribution is -0.195. The third kappa shape index (κ3) is 11.4. The summed E-state index contributed by atoms with van der Waals surface area (Å²) in [6.07, 6.45) is 8.71. The predicted molar refractivity (Wildman–Crippen MR) is 339 cm³/mol. The molecule has 0 spiro atoms. The Morgan fingerprint density at radius 3 is 1.45 bits per heavy atom. The van der Waals surface area contributed by atoms with Gasteiger partial charge >= 0.3 is 35.1 Å². The van der Waals surface area contributed by atoms with Gasteiger partial charge in [-0.1, -0.05) is 145 Å². The fraction of sp³-hybridized carbons (Fsp3) is 0.206. The van der Waals surface area contributed by atoms with Crippen molar-refractivity contribution in [1.82, 2.24) is 9.80 Å². The Hall–Kier alpha value is -10.5. The van der Waals surface area contributed by atoms with Gasteiger partial charge in [0.15, 0.2) is 21.2 Å². The molecule has 456 valence electrons. The molecule has 7 aliphatic rings. The summed E-state index contributed by atoms with van der Waals surface area (Å²) in [5.74, 6) is -8.05. The van der Waals surface area contributed by atoms with Crippen LogP contribution in [0.1, 0.15) is 46.5 Å². The van der Waals surface area contributed by atoms with E-state index in [1.807, 2.05) is 36.4 Å². The first kappa shape index (κ1) is 61.8. The summed E-state index contributed by atoms with van der Waals surface area (Å²) in [7, 11) is 0. The number of ether oxygens (including phenoxy) is 6. The molecule has 20 nitrogen and oxygen atoms in total. The summed E-state index contributed by atoms with van der Waals surface area (Å²) in [6, 6.07) is 44.2. The van der Waals surface area contributed by atoms with Crippen molar-refractivity contribution in [3.8, 4) is 24.3 Å². The first-order valence-electron chi connectivity index (χ1n) is 28.6. The molecule has 5 aromatic rings. The van der Waals surface area contributed by atoms with Gasteiger partial charge in [0.25, 0.3) is 11.8 Å². The maximum Gasteiger partial charge on any atom is 0.367 e. The molecule has 12 rings (SSSR count). The number of fused-ring (bicyclic) bond motifs is 7.